The molecule has 0 aliphatic carbocycles. The molecule has 2 aromatic heterocycles. The second-order valence-corrected chi connectivity index (χ2v) is 3.91. The smallest absolute Gasteiger partial charge is 0.178 e. The van der Waals surface area contributed by atoms with Crippen LogP contribution in [0.5, 0.6) is 0 Å². The molecular weight excluding hydrogens is 252 g/mol. The number of nitrogens with two attached hydrogens (primary N) is 1. The molecular formula is C12H13F2N5. The first-order valence-electron chi connectivity index (χ1n) is 5.59. The van der Waals surface area contributed by atoms with Crippen molar-refractivity contribution in [3.8, 4) is 0 Å². The van der Waals surface area contributed by atoms with Gasteiger partial charge in [0.25, 0.3) is 0 Å². The Labute approximate surface area is 108 Å². The number of hydrogen-bond donors (Lipinski definition) is 3. The predicted octanol–water partition coefficient (Wildman–Crippen LogP) is 1.96. The summed E-state index contributed by atoms with van der Waals surface area (Å²) in [6.45, 7) is 2.18. The van der Waals surface area contributed by atoms with Crippen LogP contribution in [0.25, 0.3) is 0 Å². The van der Waals surface area contributed by atoms with Crippen molar-refractivity contribution >= 4 is 11.6 Å². The van der Waals surface area contributed by atoms with Crippen molar-refractivity contribution < 1.29 is 8.78 Å². The van der Waals surface area contributed by atoms with Gasteiger partial charge >= 0.3 is 0 Å². The largest absolute Gasteiger partial charge is 0.362 e. The van der Waals surface area contributed by atoms with Crippen molar-refractivity contribution in [2.24, 2.45) is 5.84 Å². The lowest BCUT2D eigenvalue weighted by atomic mass is 10.2. The number of hydrazine groups is 1. The van der Waals surface area contributed by atoms with Crippen molar-refractivity contribution in [1.29, 1.82) is 0 Å². The molecule has 100 valence electrons. The van der Waals surface area contributed by atoms with E-state index in [4.69, 9.17) is 5.84 Å². The van der Waals surface area contributed by atoms with Crippen LogP contribution in [0.3, 0.4) is 0 Å². The second kappa shape index (κ2) is 5.57. The van der Waals surface area contributed by atoms with Gasteiger partial charge in [-0.25, -0.2) is 19.6 Å². The molecule has 5 nitrogen and oxygen atoms in total. The van der Waals surface area contributed by atoms with Crippen LogP contribution >= 0.6 is 0 Å². The SMILES string of the molecule is Cc1cccnc1CNc1nc(NN)c(F)cc1F. The molecule has 19 heavy (non-hydrogen) atoms. The van der Waals surface area contributed by atoms with Crippen LogP contribution in [0.15, 0.2) is 24.4 Å². The van der Waals surface area contributed by atoms with Crippen molar-refractivity contribution in [2.75, 3.05) is 10.7 Å². The van der Waals surface area contributed by atoms with Gasteiger partial charge in [-0.05, 0) is 18.6 Å². The number of halogens is 2. The van der Waals surface area contributed by atoms with E-state index in [1.54, 1.807) is 6.20 Å². The highest BCUT2D eigenvalue weighted by Gasteiger charge is 2.11. The van der Waals surface area contributed by atoms with Crippen molar-refractivity contribution in [3.05, 3.63) is 47.3 Å². The van der Waals surface area contributed by atoms with E-state index in [-0.39, 0.29) is 18.2 Å². The quantitative estimate of drug-likeness (QED) is 0.582. The number of hydrogen-bond acceptors (Lipinski definition) is 5. The number of nitrogens with zero attached hydrogens (tertiary/aromatic N) is 2. The minimum atomic E-state index is -0.848. The third kappa shape index (κ3) is 2.94. The first-order valence-corrected chi connectivity index (χ1v) is 5.59. The first-order chi connectivity index (χ1) is 9.11. The lowest BCUT2D eigenvalue weighted by Crippen LogP contribution is -2.13. The molecule has 0 radical (unpaired) electrons. The molecule has 2 aromatic rings. The summed E-state index contributed by atoms with van der Waals surface area (Å²) in [7, 11) is 0. The molecule has 0 atom stereocenters. The lowest BCUT2D eigenvalue weighted by molar-refractivity contribution is 0.578. The summed E-state index contributed by atoms with van der Waals surface area (Å²) in [4.78, 5) is 7.87. The van der Waals surface area contributed by atoms with Crippen molar-refractivity contribution in [1.82, 2.24) is 9.97 Å². The Morgan fingerprint density at radius 3 is 2.68 bits per heavy atom. The lowest BCUT2D eigenvalue weighted by Gasteiger charge is -2.10. The molecule has 0 amide bonds. The molecule has 2 heterocycles. The number of pyridine rings is 2. The van der Waals surface area contributed by atoms with E-state index in [1.807, 2.05) is 19.1 Å². The zero-order valence-electron chi connectivity index (χ0n) is 10.2. The fraction of sp³-hybridized carbons (Fsp3) is 0.167. The Morgan fingerprint density at radius 2 is 2.00 bits per heavy atom. The predicted molar refractivity (Wildman–Crippen MR) is 68.3 cm³/mol. The van der Waals surface area contributed by atoms with Crippen LogP contribution in [0.1, 0.15) is 11.3 Å². The molecule has 0 aromatic carbocycles. The fourth-order valence-electron chi connectivity index (χ4n) is 1.56. The number of aromatic nitrogens is 2. The summed E-state index contributed by atoms with van der Waals surface area (Å²) >= 11 is 0. The zero-order chi connectivity index (χ0) is 13.8. The minimum absolute atomic E-state index is 0.0839. The molecule has 0 aliphatic rings. The van der Waals surface area contributed by atoms with Gasteiger partial charge in [-0.1, -0.05) is 6.07 Å². The molecule has 0 saturated heterocycles. The third-order valence-electron chi connectivity index (χ3n) is 2.61. The normalized spacial score (nSPS) is 10.3. The van der Waals surface area contributed by atoms with Crippen LogP contribution < -0.4 is 16.6 Å². The Morgan fingerprint density at radius 1 is 1.26 bits per heavy atom. The van der Waals surface area contributed by atoms with Gasteiger partial charge in [0, 0.05) is 12.3 Å². The molecule has 4 N–H and O–H groups in total. The number of rotatable bonds is 4. The summed E-state index contributed by atoms with van der Waals surface area (Å²) in [5.41, 5.74) is 3.79. The molecule has 0 bridgehead atoms. The monoisotopic (exact) mass is 265 g/mol. The van der Waals surface area contributed by atoms with Gasteiger partial charge in [0.2, 0.25) is 0 Å². The van der Waals surface area contributed by atoms with E-state index in [2.05, 4.69) is 20.7 Å². The highest BCUT2D eigenvalue weighted by atomic mass is 19.1. The van der Waals surface area contributed by atoms with Gasteiger partial charge in [-0.2, -0.15) is 0 Å². The average molecular weight is 265 g/mol. The van der Waals surface area contributed by atoms with Crippen molar-refractivity contribution in [2.45, 2.75) is 13.5 Å². The van der Waals surface area contributed by atoms with Crippen LogP contribution in [0.4, 0.5) is 20.4 Å². The molecule has 0 saturated carbocycles. The third-order valence-corrected chi connectivity index (χ3v) is 2.61. The van der Waals surface area contributed by atoms with Gasteiger partial charge < -0.3 is 10.7 Å². The molecule has 0 unspecified atom stereocenters. The Bertz CT molecular complexity index is 588. The molecule has 7 heteroatoms. The van der Waals surface area contributed by atoms with E-state index in [0.717, 1.165) is 17.3 Å². The summed E-state index contributed by atoms with van der Waals surface area (Å²) < 4.78 is 26.7. The van der Waals surface area contributed by atoms with Crippen molar-refractivity contribution in [3.63, 3.8) is 0 Å². The summed E-state index contributed by atoms with van der Waals surface area (Å²) in [6.07, 6.45) is 1.64. The van der Waals surface area contributed by atoms with Crippen LogP contribution in [-0.2, 0) is 6.54 Å². The molecule has 2 rings (SSSR count). The van der Waals surface area contributed by atoms with Gasteiger partial charge in [0.1, 0.15) is 0 Å². The summed E-state index contributed by atoms with van der Waals surface area (Å²) in [5, 5.41) is 2.76. The van der Waals surface area contributed by atoms with E-state index in [1.165, 1.54) is 0 Å². The number of aryl methyl sites for hydroxylation is 1. The minimum Gasteiger partial charge on any atom is -0.362 e. The van der Waals surface area contributed by atoms with Gasteiger partial charge in [-0.3, -0.25) is 4.98 Å². The first kappa shape index (κ1) is 13.2. The van der Waals surface area contributed by atoms with Crippen LogP contribution in [0, 0.1) is 18.6 Å². The van der Waals surface area contributed by atoms with Crippen LogP contribution in [0.2, 0.25) is 0 Å². The standard InChI is InChI=1S/C12H13F2N5/c1-7-3-2-4-16-10(7)6-17-11-8(13)5-9(14)12(18-11)19-15/h2-5H,6,15H2,1H3,(H2,17,18,19). The van der Waals surface area contributed by atoms with E-state index >= 15 is 0 Å². The molecule has 0 spiro atoms. The maximum Gasteiger partial charge on any atom is 0.178 e. The van der Waals surface area contributed by atoms with E-state index < -0.39 is 11.6 Å². The van der Waals surface area contributed by atoms with E-state index in [0.29, 0.717) is 0 Å². The number of nitrogen functional groups attached to an aromatic ring is 1. The number of anilines is 2. The van der Waals surface area contributed by atoms with E-state index in [9.17, 15) is 8.78 Å². The van der Waals surface area contributed by atoms with Gasteiger partial charge in [0.15, 0.2) is 23.3 Å². The molecule has 0 aliphatic heterocycles. The Hall–Kier alpha value is -2.28. The average Bonchev–Trinajstić information content (AvgIpc) is 2.39. The Balaban J connectivity index is 2.18. The van der Waals surface area contributed by atoms with Gasteiger partial charge in [0.05, 0.1) is 12.2 Å². The highest BCUT2D eigenvalue weighted by Crippen LogP contribution is 2.18. The maximum absolute atomic E-state index is 13.5. The van der Waals surface area contributed by atoms with Gasteiger partial charge in [-0.15, -0.1) is 0 Å². The maximum atomic E-state index is 13.5. The zero-order valence-corrected chi connectivity index (χ0v) is 10.2. The summed E-state index contributed by atoms with van der Waals surface area (Å²) in [5.74, 6) is 3.15. The number of nitrogens with one attached hydrogen (secondary N) is 2. The second-order valence-electron chi connectivity index (χ2n) is 3.91. The topological polar surface area (TPSA) is 75.9 Å². The van der Waals surface area contributed by atoms with Crippen LogP contribution in [-0.4, -0.2) is 9.97 Å². The fourth-order valence-corrected chi connectivity index (χ4v) is 1.56. The highest BCUT2D eigenvalue weighted by molar-refractivity contribution is 5.47. The molecule has 0 fully saturated rings. The summed E-state index contributed by atoms with van der Waals surface area (Å²) in [6, 6.07) is 4.42. The Kier molecular flexibility index (Phi) is 3.86.